The van der Waals surface area contributed by atoms with Crippen LogP contribution in [0, 0.1) is 6.92 Å². The summed E-state index contributed by atoms with van der Waals surface area (Å²) in [7, 11) is 0. The third kappa shape index (κ3) is 2.68. The number of hydrogen-bond donors (Lipinski definition) is 2. The number of anilines is 3. The summed E-state index contributed by atoms with van der Waals surface area (Å²) in [6.45, 7) is 1.86. The maximum atomic E-state index is 5.94. The smallest absolute Gasteiger partial charge is 0.138 e. The van der Waals surface area contributed by atoms with Gasteiger partial charge in [-0.3, -0.25) is 0 Å². The van der Waals surface area contributed by atoms with Crippen molar-refractivity contribution < 1.29 is 0 Å². The van der Waals surface area contributed by atoms with Crippen LogP contribution < -0.4 is 11.1 Å². The van der Waals surface area contributed by atoms with E-state index in [0.29, 0.717) is 16.7 Å². The number of nitrogens with zero attached hydrogens (tertiary/aromatic N) is 2. The molecule has 0 atom stereocenters. The second kappa shape index (κ2) is 4.89. The summed E-state index contributed by atoms with van der Waals surface area (Å²) in [4.78, 5) is 8.05. The van der Waals surface area contributed by atoms with Gasteiger partial charge in [0.15, 0.2) is 0 Å². The van der Waals surface area contributed by atoms with E-state index in [4.69, 9.17) is 17.3 Å². The van der Waals surface area contributed by atoms with Crippen LogP contribution >= 0.6 is 27.5 Å². The molecule has 0 saturated carbocycles. The third-order valence-electron chi connectivity index (χ3n) is 2.30. The molecule has 0 saturated heterocycles. The first-order chi connectivity index (χ1) is 8.08. The topological polar surface area (TPSA) is 63.8 Å². The van der Waals surface area contributed by atoms with Gasteiger partial charge in [-0.1, -0.05) is 11.6 Å². The molecule has 2 aromatic rings. The lowest BCUT2D eigenvalue weighted by Crippen LogP contribution is -2.02. The van der Waals surface area contributed by atoms with Crippen molar-refractivity contribution in [1.82, 2.24) is 9.97 Å². The SMILES string of the molecule is Cc1c(N)ncnc1Nc1cc(Cl)ccc1Br. The van der Waals surface area contributed by atoms with Crippen LogP contribution in [-0.2, 0) is 0 Å². The molecule has 0 unspecified atom stereocenters. The predicted octanol–water partition coefficient (Wildman–Crippen LogP) is 3.53. The minimum Gasteiger partial charge on any atom is -0.383 e. The number of hydrogen-bond acceptors (Lipinski definition) is 4. The molecule has 0 amide bonds. The fourth-order valence-corrected chi connectivity index (χ4v) is 1.83. The number of halogens is 2. The van der Waals surface area contributed by atoms with Gasteiger partial charge >= 0.3 is 0 Å². The molecule has 1 aromatic carbocycles. The van der Waals surface area contributed by atoms with E-state index in [0.717, 1.165) is 15.7 Å². The first-order valence-electron chi connectivity index (χ1n) is 4.87. The first-order valence-corrected chi connectivity index (χ1v) is 6.04. The van der Waals surface area contributed by atoms with Crippen LogP contribution in [-0.4, -0.2) is 9.97 Å². The third-order valence-corrected chi connectivity index (χ3v) is 3.23. The molecule has 0 spiro atoms. The Morgan fingerprint density at radius 1 is 1.35 bits per heavy atom. The van der Waals surface area contributed by atoms with Gasteiger partial charge in [-0.2, -0.15) is 0 Å². The van der Waals surface area contributed by atoms with Crippen molar-refractivity contribution >= 4 is 44.9 Å². The van der Waals surface area contributed by atoms with Gasteiger partial charge in [0.1, 0.15) is 18.0 Å². The van der Waals surface area contributed by atoms with Crippen LogP contribution in [0.15, 0.2) is 29.0 Å². The Balaban J connectivity index is 2.38. The lowest BCUT2D eigenvalue weighted by atomic mass is 10.3. The van der Waals surface area contributed by atoms with Crippen molar-refractivity contribution in [3.05, 3.63) is 39.6 Å². The fourth-order valence-electron chi connectivity index (χ4n) is 1.31. The number of rotatable bonds is 2. The highest BCUT2D eigenvalue weighted by Gasteiger charge is 2.07. The van der Waals surface area contributed by atoms with Crippen molar-refractivity contribution in [3.63, 3.8) is 0 Å². The Hall–Kier alpha value is -1.33. The van der Waals surface area contributed by atoms with E-state index in [1.54, 1.807) is 6.07 Å². The average Bonchev–Trinajstić information content (AvgIpc) is 2.30. The Labute approximate surface area is 112 Å². The number of nitrogens with two attached hydrogens (primary N) is 1. The van der Waals surface area contributed by atoms with Gasteiger partial charge in [0.05, 0.1) is 5.69 Å². The highest BCUT2D eigenvalue weighted by Crippen LogP contribution is 2.29. The predicted molar refractivity (Wildman–Crippen MR) is 73.6 cm³/mol. The van der Waals surface area contributed by atoms with E-state index in [1.165, 1.54) is 6.33 Å². The molecule has 1 heterocycles. The molecular formula is C11H10BrClN4. The number of nitrogens with one attached hydrogen (secondary N) is 1. The number of aromatic nitrogens is 2. The van der Waals surface area contributed by atoms with Gasteiger partial charge in [-0.05, 0) is 41.1 Å². The van der Waals surface area contributed by atoms with Crippen molar-refractivity contribution in [2.24, 2.45) is 0 Å². The lowest BCUT2D eigenvalue weighted by Gasteiger charge is -2.11. The molecule has 1 aromatic heterocycles. The normalized spacial score (nSPS) is 10.3. The highest BCUT2D eigenvalue weighted by atomic mass is 79.9. The zero-order valence-electron chi connectivity index (χ0n) is 9.04. The monoisotopic (exact) mass is 312 g/mol. The summed E-state index contributed by atoms with van der Waals surface area (Å²) in [6, 6.07) is 5.48. The van der Waals surface area contributed by atoms with Gasteiger partial charge < -0.3 is 11.1 Å². The second-order valence-corrected chi connectivity index (χ2v) is 4.77. The molecule has 0 aliphatic carbocycles. The van der Waals surface area contributed by atoms with Gasteiger partial charge in [-0.15, -0.1) is 0 Å². The molecule has 4 nitrogen and oxygen atoms in total. The van der Waals surface area contributed by atoms with Crippen molar-refractivity contribution in [2.75, 3.05) is 11.1 Å². The van der Waals surface area contributed by atoms with E-state index in [-0.39, 0.29) is 0 Å². The number of nitrogen functional groups attached to an aromatic ring is 1. The van der Waals surface area contributed by atoms with Crippen LogP contribution in [0.2, 0.25) is 5.02 Å². The Morgan fingerprint density at radius 2 is 2.12 bits per heavy atom. The summed E-state index contributed by atoms with van der Waals surface area (Å²) < 4.78 is 0.901. The van der Waals surface area contributed by atoms with E-state index >= 15 is 0 Å². The van der Waals surface area contributed by atoms with E-state index < -0.39 is 0 Å². The molecule has 3 N–H and O–H groups in total. The van der Waals surface area contributed by atoms with Crippen molar-refractivity contribution in [1.29, 1.82) is 0 Å². The van der Waals surface area contributed by atoms with E-state index in [1.807, 2.05) is 19.1 Å². The van der Waals surface area contributed by atoms with Crippen LogP contribution in [0.3, 0.4) is 0 Å². The Morgan fingerprint density at radius 3 is 2.88 bits per heavy atom. The van der Waals surface area contributed by atoms with Gasteiger partial charge in [0.25, 0.3) is 0 Å². The first kappa shape index (κ1) is 12.1. The minimum absolute atomic E-state index is 0.459. The maximum absolute atomic E-state index is 5.94. The molecule has 2 rings (SSSR count). The summed E-state index contributed by atoms with van der Waals surface area (Å²) in [5, 5.41) is 3.81. The van der Waals surface area contributed by atoms with Crippen LogP contribution in [0.1, 0.15) is 5.56 Å². The average molecular weight is 314 g/mol. The molecule has 0 fully saturated rings. The summed E-state index contributed by atoms with van der Waals surface area (Å²) in [6.07, 6.45) is 1.42. The van der Waals surface area contributed by atoms with Crippen LogP contribution in [0.25, 0.3) is 0 Å². The van der Waals surface area contributed by atoms with Gasteiger partial charge in [0.2, 0.25) is 0 Å². The Bertz CT molecular complexity index is 559. The van der Waals surface area contributed by atoms with Crippen molar-refractivity contribution in [2.45, 2.75) is 6.92 Å². The lowest BCUT2D eigenvalue weighted by molar-refractivity contribution is 1.14. The van der Waals surface area contributed by atoms with E-state index in [2.05, 4.69) is 31.2 Å². The largest absolute Gasteiger partial charge is 0.383 e. The maximum Gasteiger partial charge on any atom is 0.138 e. The van der Waals surface area contributed by atoms with Gasteiger partial charge in [0, 0.05) is 15.1 Å². The van der Waals surface area contributed by atoms with Crippen LogP contribution in [0.5, 0.6) is 0 Å². The quantitative estimate of drug-likeness (QED) is 0.890. The van der Waals surface area contributed by atoms with E-state index in [9.17, 15) is 0 Å². The molecule has 0 radical (unpaired) electrons. The summed E-state index contributed by atoms with van der Waals surface area (Å²) in [5.41, 5.74) is 7.35. The summed E-state index contributed by atoms with van der Waals surface area (Å²) in [5.74, 6) is 1.13. The fraction of sp³-hybridized carbons (Fsp3) is 0.0909. The van der Waals surface area contributed by atoms with Crippen LogP contribution in [0.4, 0.5) is 17.3 Å². The zero-order valence-corrected chi connectivity index (χ0v) is 11.4. The second-order valence-electron chi connectivity index (χ2n) is 3.48. The zero-order chi connectivity index (χ0) is 12.4. The van der Waals surface area contributed by atoms with Gasteiger partial charge in [-0.25, -0.2) is 9.97 Å². The molecular weight excluding hydrogens is 304 g/mol. The minimum atomic E-state index is 0.459. The standard InChI is InChI=1S/C11H10BrClN4/c1-6-10(14)15-5-16-11(6)17-9-4-7(13)2-3-8(9)12/h2-5H,1H3,(H3,14,15,16,17). The molecule has 17 heavy (non-hydrogen) atoms. The highest BCUT2D eigenvalue weighted by molar-refractivity contribution is 9.10. The summed E-state index contributed by atoms with van der Waals surface area (Å²) >= 11 is 9.37. The molecule has 0 aliphatic heterocycles. The Kier molecular flexibility index (Phi) is 3.49. The number of benzene rings is 1. The molecule has 88 valence electrons. The molecule has 0 bridgehead atoms. The van der Waals surface area contributed by atoms with Crippen molar-refractivity contribution in [3.8, 4) is 0 Å². The molecule has 6 heteroatoms. The molecule has 0 aliphatic rings.